The molecular formula is C58H86F8N2O15. The lowest BCUT2D eigenvalue weighted by Crippen LogP contribution is -2.49. The normalized spacial score (nSPS) is 14.0. The van der Waals surface area contributed by atoms with Crippen molar-refractivity contribution in [1.29, 1.82) is 0 Å². The zero-order valence-corrected chi connectivity index (χ0v) is 48.1. The number of aliphatic hydroxyl groups excluding tert-OH is 1. The maximum Gasteiger partial charge on any atom is 0.573 e. The molecule has 4 rings (SSSR count). The van der Waals surface area contributed by atoms with Crippen LogP contribution in [0, 0.1) is 0 Å². The first-order valence-corrected chi connectivity index (χ1v) is 25.5. The monoisotopic (exact) mass is 1220 g/mol. The summed E-state index contributed by atoms with van der Waals surface area (Å²) in [5, 5.41) is 18.9. The van der Waals surface area contributed by atoms with Gasteiger partial charge in [0.2, 0.25) is 6.10 Å². The van der Waals surface area contributed by atoms with Crippen LogP contribution in [0.25, 0.3) is 0 Å². The highest BCUT2D eigenvalue weighted by molar-refractivity contribution is 5.85. The molecular weight excluding hydrogens is 1120 g/mol. The third kappa shape index (κ3) is 30.8. The van der Waals surface area contributed by atoms with E-state index in [2.05, 4.69) is 9.47 Å². The lowest BCUT2D eigenvalue weighted by molar-refractivity contribution is -0.275. The van der Waals surface area contributed by atoms with Crippen LogP contribution < -0.4 is 9.47 Å². The largest absolute Gasteiger partial charge is 0.573 e. The molecule has 2 N–H and O–H groups in total. The van der Waals surface area contributed by atoms with Crippen LogP contribution >= 0.6 is 0 Å². The van der Waals surface area contributed by atoms with Gasteiger partial charge in [-0.3, -0.25) is 9.80 Å². The Hall–Kier alpha value is -7.70. The summed E-state index contributed by atoms with van der Waals surface area (Å²) >= 11 is 0. The summed E-state index contributed by atoms with van der Waals surface area (Å²) in [7, 11) is 2.53. The molecule has 0 saturated carbocycles. The van der Waals surface area contributed by atoms with Gasteiger partial charge in [0, 0.05) is 60.6 Å². The number of esters is 3. The molecule has 0 heterocycles. The van der Waals surface area contributed by atoms with Crippen molar-refractivity contribution >= 4 is 36.1 Å². The molecule has 4 aromatic carbocycles. The fraction of sp³-hybridized carbons (Fsp3) is 0.483. The molecule has 17 nitrogen and oxygen atoms in total. The summed E-state index contributed by atoms with van der Waals surface area (Å²) in [4.78, 5) is 75.4. The van der Waals surface area contributed by atoms with Crippen molar-refractivity contribution in [2.24, 2.45) is 0 Å². The van der Waals surface area contributed by atoms with E-state index >= 15 is 0 Å². The Bertz CT molecular complexity index is 2730. The highest BCUT2D eigenvalue weighted by Gasteiger charge is 2.40. The van der Waals surface area contributed by atoms with Crippen LogP contribution in [0.4, 0.5) is 44.7 Å². The molecule has 0 aliphatic heterocycles. The number of rotatable bonds is 21. The number of benzene rings is 4. The minimum Gasteiger partial charge on any atom is -0.480 e. The van der Waals surface area contributed by atoms with Crippen LogP contribution in [-0.4, -0.2) is 130 Å². The van der Waals surface area contributed by atoms with E-state index < -0.39 is 108 Å². The number of halogens is 8. The Kier molecular flexibility index (Phi) is 22.4. The standard InChI is InChI=1S/C29H35F4NO7.C17H15F3O4.C12H22FNO4.7H2/c1-27(2,3)41-26(37)34(6)22(17-28(4,5)30)24(35)39-23(25(36)38-18-20-10-8-7-9-11-20)16-19-12-14-21(15-13-19)40-29(31,32)33;18-17(19,20)24-14-8-6-12(7-9-14)10-15(21)16(22)23-11-13-4-2-1-3-5-13;1-11(2,3)18-10(17)14(6)8(9(15)16)7-12(4,5)13;;;;;;;/h7-15,22-23H,16-18H2,1-6H3;1-9,15,21H,10-11H2;8H,7H2,1-6H3,(H,15,16);7*1H/t22-,23+;15-;8-;;;;;;;/m010......./s1/i;;;7*1+1D. The molecule has 0 aliphatic carbocycles. The Morgan fingerprint density at radius 2 is 0.843 bits per heavy atom. The van der Waals surface area contributed by atoms with Crippen LogP contribution in [0.1, 0.15) is 125 Å². The summed E-state index contributed by atoms with van der Waals surface area (Å²) in [5.41, 5.74) is -2.99. The molecule has 25 heteroatoms. The number of carbonyl (C=O) groups is 6. The van der Waals surface area contributed by atoms with Crippen LogP contribution in [0.15, 0.2) is 109 Å². The van der Waals surface area contributed by atoms with E-state index in [4.69, 9.17) is 49.6 Å². The minimum atomic E-state index is -4.89. The number of hydrogen-bond donors (Lipinski definition) is 2. The summed E-state index contributed by atoms with van der Waals surface area (Å²) in [6.45, 7) is 14.7. The lowest BCUT2D eigenvalue weighted by Gasteiger charge is -2.32. The number of carboxylic acid groups (broad SMARTS) is 1. The van der Waals surface area contributed by atoms with E-state index in [1.165, 1.54) is 66.1 Å². The van der Waals surface area contributed by atoms with Gasteiger partial charge in [-0.05, 0) is 116 Å². The van der Waals surface area contributed by atoms with Crippen LogP contribution in [0.5, 0.6) is 11.5 Å². The maximum atomic E-state index is 14.7. The average molecular weight is 1220 g/mol. The highest BCUT2D eigenvalue weighted by Crippen LogP contribution is 2.27. The summed E-state index contributed by atoms with van der Waals surface area (Å²) in [6, 6.07) is 24.4. The average Bonchev–Trinajstić information content (AvgIpc) is 0.892. The SMILES string of the molecule is CN(C(=O)OC(C)(C)C)[C@@H](CC(C)(C)F)C(=O)O.CN(C(=O)OC(C)(C)C)[C@@H](CC(C)(C)F)C(=O)O[C@H](Cc1ccc(OC(F)(F)F)cc1)C(=O)OCc1ccccc1.O=C(OCc1ccccc1)[C@H](O)Cc1ccc(OC(F)(F)F)cc1.[2H][2H].[2H][2H].[2H][2H].[2H][2H].[2H][2H].[2H][2H].[2H][2H]. The zero-order chi connectivity index (χ0) is 77.3. The van der Waals surface area contributed by atoms with Crippen molar-refractivity contribution in [3.63, 3.8) is 0 Å². The maximum absolute atomic E-state index is 14.7. The molecule has 4 atom stereocenters. The topological polar surface area (TPSA) is 214 Å². The van der Waals surface area contributed by atoms with Crippen LogP contribution in [0.2, 0.25) is 0 Å². The highest BCUT2D eigenvalue weighted by atomic mass is 19.4. The van der Waals surface area contributed by atoms with Gasteiger partial charge in [0.1, 0.15) is 59.3 Å². The van der Waals surface area contributed by atoms with Gasteiger partial charge < -0.3 is 43.4 Å². The molecule has 0 aliphatic rings. The van der Waals surface area contributed by atoms with Crippen molar-refractivity contribution in [2.45, 2.75) is 168 Å². The molecule has 4 aromatic rings. The lowest BCUT2D eigenvalue weighted by atomic mass is 10.00. The molecule has 0 fully saturated rings. The Balaban J connectivity index is -0.000000314. The van der Waals surface area contributed by atoms with Crippen molar-refractivity contribution in [3.05, 3.63) is 131 Å². The van der Waals surface area contributed by atoms with E-state index in [-0.39, 0.29) is 38.2 Å². The first kappa shape index (κ1) is 59.9. The van der Waals surface area contributed by atoms with Gasteiger partial charge >= 0.3 is 48.8 Å². The van der Waals surface area contributed by atoms with Gasteiger partial charge in [-0.2, -0.15) is 0 Å². The van der Waals surface area contributed by atoms with E-state index in [0.717, 1.165) is 39.6 Å². The number of aliphatic carboxylic acids is 1. The molecule has 0 spiro atoms. The number of ether oxygens (including phenoxy) is 7. The molecule has 0 saturated heterocycles. The Morgan fingerprint density at radius 1 is 0.494 bits per heavy atom. The molecule has 0 unspecified atom stereocenters. The van der Waals surface area contributed by atoms with E-state index in [0.29, 0.717) is 16.7 Å². The number of alkyl halides is 8. The Morgan fingerprint density at radius 3 is 1.19 bits per heavy atom. The van der Waals surface area contributed by atoms with Crippen LogP contribution in [-0.2, 0) is 68.9 Å². The first-order valence-electron chi connectivity index (χ1n) is 32.5. The number of nitrogens with zero attached hydrogens (tertiary/aromatic N) is 2. The fourth-order valence-corrected chi connectivity index (χ4v) is 6.82. The predicted molar refractivity (Wildman–Crippen MR) is 300 cm³/mol. The number of hydrogen-bond acceptors (Lipinski definition) is 14. The minimum absolute atomic E-state index is 0.0368. The third-order valence-corrected chi connectivity index (χ3v) is 10.6. The first-order chi connectivity index (χ1) is 45.0. The molecule has 474 valence electrons. The van der Waals surface area contributed by atoms with E-state index in [9.17, 15) is 69.0 Å². The van der Waals surface area contributed by atoms with Crippen molar-refractivity contribution in [3.8, 4) is 11.5 Å². The van der Waals surface area contributed by atoms with E-state index in [1.807, 2.05) is 6.07 Å². The van der Waals surface area contributed by atoms with Crippen molar-refractivity contribution < 1.29 is 128 Å². The molecule has 0 radical (unpaired) electrons. The fourth-order valence-electron chi connectivity index (χ4n) is 6.82. The van der Waals surface area contributed by atoms with Crippen LogP contribution in [0.3, 0.4) is 0 Å². The van der Waals surface area contributed by atoms with Gasteiger partial charge in [0.05, 0.1) is 0 Å². The third-order valence-electron chi connectivity index (χ3n) is 10.6. The number of carbonyl (C=O) groups excluding carboxylic acids is 5. The van der Waals surface area contributed by atoms with Crippen molar-refractivity contribution in [1.82, 2.24) is 9.80 Å². The van der Waals surface area contributed by atoms with Gasteiger partial charge in [-0.15, -0.1) is 26.3 Å². The second-order valence-corrected chi connectivity index (χ2v) is 21.8. The van der Waals surface area contributed by atoms with Crippen molar-refractivity contribution in [2.75, 3.05) is 14.1 Å². The molecule has 0 aromatic heterocycles. The smallest absolute Gasteiger partial charge is 0.480 e. The van der Waals surface area contributed by atoms with Gasteiger partial charge in [0.25, 0.3) is 0 Å². The second-order valence-electron chi connectivity index (χ2n) is 21.8. The molecule has 0 bridgehead atoms. The summed E-state index contributed by atoms with van der Waals surface area (Å²) in [6.07, 6.45) is -15.4. The quantitative estimate of drug-likeness (QED) is 0.0451. The number of amides is 2. The van der Waals surface area contributed by atoms with Gasteiger partial charge in [-0.25, -0.2) is 37.5 Å². The number of aliphatic hydroxyl groups is 1. The number of carboxylic acids is 1. The molecule has 2 amide bonds. The Labute approximate surface area is 498 Å². The summed E-state index contributed by atoms with van der Waals surface area (Å²) < 4.78 is 206. The number of likely N-dealkylation sites (N-methyl/N-ethyl adjacent to an activating group) is 2. The zero-order valence-electron chi connectivity index (χ0n) is 62.1. The second kappa shape index (κ2) is 31.1. The van der Waals surface area contributed by atoms with E-state index in [1.54, 1.807) is 96.1 Å². The van der Waals surface area contributed by atoms with Gasteiger partial charge in [-0.1, -0.05) is 84.9 Å². The predicted octanol–water partition coefficient (Wildman–Crippen LogP) is 13.6. The molecule has 83 heavy (non-hydrogen) atoms. The van der Waals surface area contributed by atoms with Gasteiger partial charge in [0.15, 0.2) is 6.10 Å². The summed E-state index contributed by atoms with van der Waals surface area (Å²) in [5.74, 6) is -4.94.